The van der Waals surface area contributed by atoms with Crippen molar-refractivity contribution in [3.63, 3.8) is 0 Å². The summed E-state index contributed by atoms with van der Waals surface area (Å²) in [5, 5.41) is 0. The molecule has 0 fully saturated rings. The largest absolute Gasteiger partial charge is 0.491 e. The first kappa shape index (κ1) is 11.1. The molecule has 0 aliphatic carbocycles. The van der Waals surface area contributed by atoms with E-state index in [1.165, 1.54) is 11.1 Å². The number of benzene rings is 1. The van der Waals surface area contributed by atoms with Gasteiger partial charge in [-0.2, -0.15) is 0 Å². The molecule has 0 radical (unpaired) electrons. The first-order chi connectivity index (χ1) is 6.52. The fraction of sp³-hybridized carbons (Fsp3) is 0.538. The van der Waals surface area contributed by atoms with Crippen LogP contribution in [0.5, 0.6) is 5.75 Å². The number of ether oxygens (including phenoxy) is 1. The third-order valence-electron chi connectivity index (χ3n) is 2.22. The van der Waals surface area contributed by atoms with E-state index in [0.29, 0.717) is 5.92 Å². The van der Waals surface area contributed by atoms with Crippen molar-refractivity contribution in [2.24, 2.45) is 0 Å². The summed E-state index contributed by atoms with van der Waals surface area (Å²) in [7, 11) is 0. The molecule has 14 heavy (non-hydrogen) atoms. The van der Waals surface area contributed by atoms with Crippen molar-refractivity contribution in [3.8, 4) is 5.75 Å². The monoisotopic (exact) mass is 192 g/mol. The summed E-state index contributed by atoms with van der Waals surface area (Å²) in [6.07, 6.45) is 0.245. The van der Waals surface area contributed by atoms with E-state index in [1.54, 1.807) is 0 Å². The molecular weight excluding hydrogens is 172 g/mol. The van der Waals surface area contributed by atoms with Crippen molar-refractivity contribution < 1.29 is 4.74 Å². The zero-order valence-electron chi connectivity index (χ0n) is 9.79. The minimum atomic E-state index is 0.245. The van der Waals surface area contributed by atoms with Crippen molar-refractivity contribution in [2.45, 2.75) is 46.6 Å². The van der Waals surface area contributed by atoms with E-state index in [1.807, 2.05) is 0 Å². The molecule has 0 aliphatic rings. The van der Waals surface area contributed by atoms with Gasteiger partial charge in [-0.25, -0.2) is 0 Å². The maximum absolute atomic E-state index is 5.79. The molecule has 0 bridgehead atoms. The maximum atomic E-state index is 5.79. The first-order valence-corrected chi connectivity index (χ1v) is 5.28. The van der Waals surface area contributed by atoms with E-state index >= 15 is 0 Å². The van der Waals surface area contributed by atoms with Crippen LogP contribution in [0.4, 0.5) is 0 Å². The number of hydrogen-bond acceptors (Lipinski definition) is 1. The van der Waals surface area contributed by atoms with Crippen LogP contribution in [0, 0.1) is 6.92 Å². The van der Waals surface area contributed by atoms with E-state index in [2.05, 4.69) is 52.8 Å². The van der Waals surface area contributed by atoms with Gasteiger partial charge in [0.1, 0.15) is 5.75 Å². The van der Waals surface area contributed by atoms with Crippen LogP contribution in [0.2, 0.25) is 0 Å². The molecule has 0 aromatic heterocycles. The number of hydrogen-bond donors (Lipinski definition) is 0. The van der Waals surface area contributed by atoms with E-state index in [0.717, 1.165) is 5.75 Å². The smallest absolute Gasteiger partial charge is 0.123 e. The SMILES string of the molecule is Cc1cccc(OC(C)C)c1C(C)C. The molecule has 0 aliphatic heterocycles. The van der Waals surface area contributed by atoms with Crippen LogP contribution in [0.15, 0.2) is 18.2 Å². The third-order valence-corrected chi connectivity index (χ3v) is 2.22. The van der Waals surface area contributed by atoms with Crippen LogP contribution in [-0.4, -0.2) is 6.10 Å². The zero-order valence-corrected chi connectivity index (χ0v) is 9.79. The van der Waals surface area contributed by atoms with Crippen LogP contribution >= 0.6 is 0 Å². The van der Waals surface area contributed by atoms with Crippen LogP contribution < -0.4 is 4.74 Å². The van der Waals surface area contributed by atoms with Gasteiger partial charge in [0, 0.05) is 0 Å². The van der Waals surface area contributed by atoms with Crippen molar-refractivity contribution in [2.75, 3.05) is 0 Å². The standard InChI is InChI=1S/C13H20O/c1-9(2)13-11(5)7-6-8-12(13)14-10(3)4/h6-10H,1-5H3. The molecule has 1 rings (SSSR count). The Hall–Kier alpha value is -0.980. The molecule has 0 saturated carbocycles. The molecule has 0 N–H and O–H groups in total. The van der Waals surface area contributed by atoms with Gasteiger partial charge in [0.2, 0.25) is 0 Å². The molecule has 0 spiro atoms. The van der Waals surface area contributed by atoms with Gasteiger partial charge in [-0.3, -0.25) is 0 Å². The second-order valence-corrected chi connectivity index (χ2v) is 4.31. The summed E-state index contributed by atoms with van der Waals surface area (Å²) < 4.78 is 5.79. The van der Waals surface area contributed by atoms with Gasteiger partial charge in [0.15, 0.2) is 0 Å². The summed E-state index contributed by atoms with van der Waals surface area (Å²) >= 11 is 0. The van der Waals surface area contributed by atoms with Crippen LogP contribution in [0.3, 0.4) is 0 Å². The third kappa shape index (κ3) is 2.50. The van der Waals surface area contributed by atoms with E-state index in [-0.39, 0.29) is 6.10 Å². The average molecular weight is 192 g/mol. The summed E-state index contributed by atoms with van der Waals surface area (Å²) in [5.74, 6) is 1.56. The second-order valence-electron chi connectivity index (χ2n) is 4.31. The van der Waals surface area contributed by atoms with Crippen LogP contribution in [0.25, 0.3) is 0 Å². The van der Waals surface area contributed by atoms with Gasteiger partial charge >= 0.3 is 0 Å². The van der Waals surface area contributed by atoms with Gasteiger partial charge in [-0.1, -0.05) is 26.0 Å². The van der Waals surface area contributed by atoms with Crippen molar-refractivity contribution >= 4 is 0 Å². The molecule has 0 heterocycles. The Kier molecular flexibility index (Phi) is 3.56. The molecule has 1 aromatic rings. The molecule has 1 heteroatoms. The lowest BCUT2D eigenvalue weighted by Crippen LogP contribution is -2.08. The Morgan fingerprint density at radius 3 is 2.21 bits per heavy atom. The Bertz CT molecular complexity index is 300. The van der Waals surface area contributed by atoms with E-state index in [4.69, 9.17) is 4.74 Å². The highest BCUT2D eigenvalue weighted by Crippen LogP contribution is 2.29. The van der Waals surface area contributed by atoms with Gasteiger partial charge in [-0.05, 0) is 43.9 Å². The topological polar surface area (TPSA) is 9.23 Å². The second kappa shape index (κ2) is 4.50. The minimum Gasteiger partial charge on any atom is -0.491 e. The zero-order chi connectivity index (χ0) is 10.7. The Morgan fingerprint density at radius 1 is 1.07 bits per heavy atom. The Balaban J connectivity index is 3.08. The molecule has 1 nitrogen and oxygen atoms in total. The molecule has 0 unspecified atom stereocenters. The molecule has 1 aromatic carbocycles. The molecular formula is C13H20O. The van der Waals surface area contributed by atoms with Crippen molar-refractivity contribution in [1.82, 2.24) is 0 Å². The average Bonchev–Trinajstić information content (AvgIpc) is 2.01. The van der Waals surface area contributed by atoms with Crippen LogP contribution in [0.1, 0.15) is 44.7 Å². The highest BCUT2D eigenvalue weighted by atomic mass is 16.5. The number of aryl methyl sites for hydroxylation is 1. The maximum Gasteiger partial charge on any atom is 0.123 e. The lowest BCUT2D eigenvalue weighted by molar-refractivity contribution is 0.239. The van der Waals surface area contributed by atoms with Crippen molar-refractivity contribution in [1.29, 1.82) is 0 Å². The summed E-state index contributed by atoms with van der Waals surface area (Å²) in [4.78, 5) is 0. The van der Waals surface area contributed by atoms with Gasteiger partial charge < -0.3 is 4.74 Å². The van der Waals surface area contributed by atoms with Gasteiger partial charge in [0.05, 0.1) is 6.10 Å². The fourth-order valence-corrected chi connectivity index (χ4v) is 1.75. The molecule has 0 saturated heterocycles. The summed E-state index contributed by atoms with van der Waals surface area (Å²) in [5.41, 5.74) is 2.65. The van der Waals surface area contributed by atoms with Crippen molar-refractivity contribution in [3.05, 3.63) is 29.3 Å². The summed E-state index contributed by atoms with van der Waals surface area (Å²) in [6, 6.07) is 6.25. The highest BCUT2D eigenvalue weighted by Gasteiger charge is 2.11. The predicted molar refractivity (Wildman–Crippen MR) is 61.0 cm³/mol. The Labute approximate surface area is 87.1 Å². The quantitative estimate of drug-likeness (QED) is 0.705. The van der Waals surface area contributed by atoms with E-state index < -0.39 is 0 Å². The number of rotatable bonds is 3. The van der Waals surface area contributed by atoms with Crippen LogP contribution in [-0.2, 0) is 0 Å². The molecule has 78 valence electrons. The highest BCUT2D eigenvalue weighted by molar-refractivity contribution is 5.41. The molecule has 0 amide bonds. The summed E-state index contributed by atoms with van der Waals surface area (Å²) in [6.45, 7) is 10.7. The molecule has 0 atom stereocenters. The minimum absolute atomic E-state index is 0.245. The fourth-order valence-electron chi connectivity index (χ4n) is 1.75. The predicted octanol–water partition coefficient (Wildman–Crippen LogP) is 3.91. The first-order valence-electron chi connectivity index (χ1n) is 5.28. The normalized spacial score (nSPS) is 11.1. The lowest BCUT2D eigenvalue weighted by Gasteiger charge is -2.18. The van der Waals surface area contributed by atoms with Gasteiger partial charge in [-0.15, -0.1) is 0 Å². The van der Waals surface area contributed by atoms with Gasteiger partial charge in [0.25, 0.3) is 0 Å². The Morgan fingerprint density at radius 2 is 1.71 bits per heavy atom. The lowest BCUT2D eigenvalue weighted by atomic mass is 9.97. The van der Waals surface area contributed by atoms with E-state index in [9.17, 15) is 0 Å².